The van der Waals surface area contributed by atoms with Crippen molar-refractivity contribution in [3.8, 4) is 5.75 Å². The van der Waals surface area contributed by atoms with Gasteiger partial charge in [0.1, 0.15) is 5.75 Å². The van der Waals surface area contributed by atoms with Crippen molar-refractivity contribution in [1.82, 2.24) is 4.90 Å². The van der Waals surface area contributed by atoms with E-state index in [1.165, 1.54) is 44.9 Å². The van der Waals surface area contributed by atoms with Crippen molar-refractivity contribution in [2.75, 3.05) is 7.11 Å². The number of hydrogen-bond donors (Lipinski definition) is 0. The van der Waals surface area contributed by atoms with E-state index in [9.17, 15) is 4.79 Å². The number of ether oxygens (including phenoxy) is 1. The molecule has 1 aromatic carbocycles. The van der Waals surface area contributed by atoms with Crippen LogP contribution in [0.15, 0.2) is 24.3 Å². The Kier molecular flexibility index (Phi) is 3.95. The van der Waals surface area contributed by atoms with Crippen LogP contribution in [0.1, 0.15) is 55.3 Å². The number of amides is 1. The van der Waals surface area contributed by atoms with Crippen molar-refractivity contribution in [1.29, 1.82) is 0 Å². The summed E-state index contributed by atoms with van der Waals surface area (Å²) >= 11 is 0. The minimum atomic E-state index is 0.210. The van der Waals surface area contributed by atoms with Crippen LogP contribution in [0.2, 0.25) is 0 Å². The number of hydrogen-bond acceptors (Lipinski definition) is 2. The molecule has 0 atom stereocenters. The second-order valence-corrected chi connectivity index (χ2v) is 5.96. The van der Waals surface area contributed by atoms with Crippen LogP contribution in [-0.4, -0.2) is 30.0 Å². The molecule has 2 aliphatic carbocycles. The zero-order valence-corrected chi connectivity index (χ0v) is 12.2. The topological polar surface area (TPSA) is 29.5 Å². The number of benzene rings is 1. The van der Waals surface area contributed by atoms with E-state index in [2.05, 4.69) is 4.90 Å². The van der Waals surface area contributed by atoms with E-state index in [-0.39, 0.29) is 5.91 Å². The highest BCUT2D eigenvalue weighted by molar-refractivity contribution is 5.95. The third kappa shape index (κ3) is 2.82. The monoisotopic (exact) mass is 273 g/mol. The quantitative estimate of drug-likeness (QED) is 0.838. The number of methoxy groups -OCH3 is 1. The average molecular weight is 273 g/mol. The molecule has 1 amide bonds. The maximum Gasteiger partial charge on any atom is 0.254 e. The van der Waals surface area contributed by atoms with Gasteiger partial charge < -0.3 is 9.64 Å². The number of carbonyl (C=O) groups is 1. The van der Waals surface area contributed by atoms with Crippen LogP contribution < -0.4 is 4.74 Å². The third-order valence-electron chi connectivity index (χ3n) is 4.48. The zero-order valence-electron chi connectivity index (χ0n) is 12.2. The molecular weight excluding hydrogens is 250 g/mol. The van der Waals surface area contributed by atoms with Gasteiger partial charge in [0.15, 0.2) is 0 Å². The molecule has 20 heavy (non-hydrogen) atoms. The maximum absolute atomic E-state index is 12.8. The fourth-order valence-corrected chi connectivity index (χ4v) is 3.22. The molecule has 0 N–H and O–H groups in total. The van der Waals surface area contributed by atoms with Gasteiger partial charge in [-0.05, 0) is 49.9 Å². The molecule has 0 bridgehead atoms. The fraction of sp³-hybridized carbons (Fsp3) is 0.588. The fourth-order valence-electron chi connectivity index (χ4n) is 3.22. The molecule has 0 radical (unpaired) electrons. The lowest BCUT2D eigenvalue weighted by molar-refractivity contribution is 0.0614. The van der Waals surface area contributed by atoms with Gasteiger partial charge in [-0.15, -0.1) is 0 Å². The smallest absolute Gasteiger partial charge is 0.254 e. The van der Waals surface area contributed by atoms with Crippen LogP contribution in [0.5, 0.6) is 5.75 Å². The molecule has 0 unspecified atom stereocenters. The molecule has 0 aliphatic heterocycles. The summed E-state index contributed by atoms with van der Waals surface area (Å²) < 4.78 is 5.16. The number of carbonyl (C=O) groups excluding carboxylic acids is 1. The highest BCUT2D eigenvalue weighted by Gasteiger charge is 2.37. The third-order valence-corrected chi connectivity index (χ3v) is 4.48. The van der Waals surface area contributed by atoms with Crippen molar-refractivity contribution >= 4 is 5.91 Å². The normalized spacial score (nSPS) is 19.6. The minimum absolute atomic E-state index is 0.210. The van der Waals surface area contributed by atoms with E-state index >= 15 is 0 Å². The number of rotatable bonds is 4. The van der Waals surface area contributed by atoms with Crippen molar-refractivity contribution < 1.29 is 9.53 Å². The van der Waals surface area contributed by atoms with E-state index in [1.807, 2.05) is 24.3 Å². The molecule has 0 spiro atoms. The van der Waals surface area contributed by atoms with Gasteiger partial charge in [-0.1, -0.05) is 19.3 Å². The first-order chi connectivity index (χ1) is 9.79. The average Bonchev–Trinajstić information content (AvgIpc) is 3.33. The molecule has 3 rings (SSSR count). The molecule has 2 saturated carbocycles. The summed E-state index contributed by atoms with van der Waals surface area (Å²) in [5, 5.41) is 0. The Balaban J connectivity index is 1.77. The first-order valence-electron chi connectivity index (χ1n) is 7.76. The van der Waals surface area contributed by atoms with Crippen LogP contribution in [0.3, 0.4) is 0 Å². The van der Waals surface area contributed by atoms with Crippen molar-refractivity contribution in [2.24, 2.45) is 0 Å². The Morgan fingerprint density at radius 2 is 1.60 bits per heavy atom. The highest BCUT2D eigenvalue weighted by Crippen LogP contribution is 2.35. The Morgan fingerprint density at radius 1 is 1.00 bits per heavy atom. The Labute approximate surface area is 120 Å². The number of nitrogens with zero attached hydrogens (tertiary/aromatic N) is 1. The lowest BCUT2D eigenvalue weighted by Gasteiger charge is -2.34. The van der Waals surface area contributed by atoms with Crippen molar-refractivity contribution in [3.05, 3.63) is 29.8 Å². The summed E-state index contributed by atoms with van der Waals surface area (Å²) in [6, 6.07) is 8.48. The van der Waals surface area contributed by atoms with E-state index in [4.69, 9.17) is 4.74 Å². The minimum Gasteiger partial charge on any atom is -0.497 e. The van der Waals surface area contributed by atoms with Gasteiger partial charge in [0.2, 0.25) is 0 Å². The van der Waals surface area contributed by atoms with Crippen LogP contribution in [-0.2, 0) is 0 Å². The lowest BCUT2D eigenvalue weighted by Crippen LogP contribution is -2.43. The Hall–Kier alpha value is -1.51. The maximum atomic E-state index is 12.8. The first kappa shape index (κ1) is 13.5. The van der Waals surface area contributed by atoms with E-state index in [0.29, 0.717) is 12.1 Å². The predicted octanol–water partition coefficient (Wildman–Crippen LogP) is 3.63. The molecule has 2 fully saturated rings. The molecule has 3 nitrogen and oxygen atoms in total. The predicted molar refractivity (Wildman–Crippen MR) is 79.1 cm³/mol. The summed E-state index contributed by atoms with van der Waals surface area (Å²) in [5.41, 5.74) is 0.795. The van der Waals surface area contributed by atoms with Crippen molar-refractivity contribution in [3.63, 3.8) is 0 Å². The summed E-state index contributed by atoms with van der Waals surface area (Å²) in [6.07, 6.45) is 8.58. The molecule has 1 aromatic rings. The van der Waals surface area contributed by atoms with E-state index in [1.54, 1.807) is 7.11 Å². The first-order valence-corrected chi connectivity index (χ1v) is 7.76. The second kappa shape index (κ2) is 5.86. The zero-order chi connectivity index (χ0) is 13.9. The van der Waals surface area contributed by atoms with Crippen LogP contribution in [0.4, 0.5) is 0 Å². The highest BCUT2D eigenvalue weighted by atomic mass is 16.5. The second-order valence-electron chi connectivity index (χ2n) is 5.96. The SMILES string of the molecule is COc1ccc(C(=O)N(C2CCCCC2)C2CC2)cc1. The van der Waals surface area contributed by atoms with Gasteiger partial charge in [-0.3, -0.25) is 4.79 Å². The van der Waals surface area contributed by atoms with Crippen molar-refractivity contribution in [2.45, 2.75) is 57.0 Å². The largest absolute Gasteiger partial charge is 0.497 e. The summed E-state index contributed by atoms with van der Waals surface area (Å²) in [7, 11) is 1.65. The van der Waals surface area contributed by atoms with Gasteiger partial charge >= 0.3 is 0 Å². The van der Waals surface area contributed by atoms with Crippen LogP contribution >= 0.6 is 0 Å². The van der Waals surface area contributed by atoms with Gasteiger partial charge in [0.05, 0.1) is 7.11 Å². The molecule has 3 heteroatoms. The standard InChI is InChI=1S/C17H23NO2/c1-20-16-11-7-13(8-12-16)17(19)18(15-9-10-15)14-5-3-2-4-6-14/h7-8,11-12,14-15H,2-6,9-10H2,1H3. The molecule has 2 aliphatic rings. The van der Waals surface area contributed by atoms with E-state index < -0.39 is 0 Å². The molecular formula is C17H23NO2. The summed E-state index contributed by atoms with van der Waals surface area (Å²) in [5.74, 6) is 1.01. The lowest BCUT2D eigenvalue weighted by atomic mass is 9.93. The van der Waals surface area contributed by atoms with Gasteiger partial charge in [-0.25, -0.2) is 0 Å². The Bertz CT molecular complexity index is 458. The van der Waals surface area contributed by atoms with Gasteiger partial charge in [0, 0.05) is 17.6 Å². The summed E-state index contributed by atoms with van der Waals surface area (Å²) in [6.45, 7) is 0. The molecule has 0 aromatic heterocycles. The van der Waals surface area contributed by atoms with Gasteiger partial charge in [-0.2, -0.15) is 0 Å². The van der Waals surface area contributed by atoms with Crippen LogP contribution in [0.25, 0.3) is 0 Å². The van der Waals surface area contributed by atoms with Crippen LogP contribution in [0, 0.1) is 0 Å². The summed E-state index contributed by atoms with van der Waals surface area (Å²) in [4.78, 5) is 15.0. The Morgan fingerprint density at radius 3 is 2.15 bits per heavy atom. The molecule has 0 heterocycles. The van der Waals surface area contributed by atoms with Gasteiger partial charge in [0.25, 0.3) is 5.91 Å². The molecule has 0 saturated heterocycles. The van der Waals surface area contributed by atoms with E-state index in [0.717, 1.165) is 11.3 Å². The molecule has 108 valence electrons.